The van der Waals surface area contributed by atoms with Crippen LogP contribution in [0.4, 0.5) is 0 Å². The van der Waals surface area contributed by atoms with E-state index in [1.165, 1.54) is 14.2 Å². The smallest absolute Gasteiger partial charge is 0.342 e. The van der Waals surface area contributed by atoms with Gasteiger partial charge >= 0.3 is 5.97 Å². The summed E-state index contributed by atoms with van der Waals surface area (Å²) in [6.07, 6.45) is 0. The molecule has 0 saturated heterocycles. The number of pyridine rings is 1. The Kier molecular flexibility index (Phi) is 3.15. The first-order valence-corrected chi connectivity index (χ1v) is 5.27. The van der Waals surface area contributed by atoms with Gasteiger partial charge in [-0.3, -0.25) is 0 Å². The Bertz CT molecular complexity index is 583. The molecule has 88 valence electrons. The fraction of sp³-hybridized carbons (Fsp3) is 0.167. The van der Waals surface area contributed by atoms with Gasteiger partial charge in [0.25, 0.3) is 0 Å². The summed E-state index contributed by atoms with van der Waals surface area (Å²) < 4.78 is 9.85. The van der Waals surface area contributed by atoms with E-state index in [0.717, 1.165) is 0 Å². The number of methoxy groups -OCH3 is 2. The minimum absolute atomic E-state index is 0.145. The highest BCUT2D eigenvalue weighted by atomic mass is 35.5. The number of hydrogen-bond donors (Lipinski definition) is 0. The molecule has 0 spiro atoms. The first-order valence-electron chi connectivity index (χ1n) is 4.89. The molecule has 0 bridgehead atoms. The van der Waals surface area contributed by atoms with Gasteiger partial charge in [0.1, 0.15) is 5.56 Å². The molecule has 0 fully saturated rings. The molecule has 0 atom stereocenters. The predicted octanol–water partition coefficient (Wildman–Crippen LogP) is 2.68. The zero-order chi connectivity index (χ0) is 12.4. The third kappa shape index (κ3) is 1.91. The fourth-order valence-corrected chi connectivity index (χ4v) is 1.92. The van der Waals surface area contributed by atoms with Crippen molar-refractivity contribution in [2.24, 2.45) is 0 Å². The van der Waals surface area contributed by atoms with Crippen LogP contribution in [0.15, 0.2) is 24.3 Å². The highest BCUT2D eigenvalue weighted by Gasteiger charge is 2.21. The van der Waals surface area contributed by atoms with Crippen LogP contribution < -0.4 is 4.74 Å². The van der Waals surface area contributed by atoms with Crippen molar-refractivity contribution in [2.75, 3.05) is 14.2 Å². The maximum Gasteiger partial charge on any atom is 0.342 e. The van der Waals surface area contributed by atoms with Gasteiger partial charge in [0, 0.05) is 5.39 Å². The molecule has 1 aromatic carbocycles. The lowest BCUT2D eigenvalue weighted by molar-refractivity contribution is 0.0599. The molecule has 0 N–H and O–H groups in total. The van der Waals surface area contributed by atoms with Crippen LogP contribution in [-0.4, -0.2) is 25.2 Å². The molecule has 17 heavy (non-hydrogen) atoms. The molecule has 2 aromatic rings. The van der Waals surface area contributed by atoms with Gasteiger partial charge < -0.3 is 9.47 Å². The van der Waals surface area contributed by atoms with Crippen molar-refractivity contribution in [1.82, 2.24) is 4.98 Å². The molecular weight excluding hydrogens is 242 g/mol. The fourth-order valence-electron chi connectivity index (χ4n) is 1.66. The van der Waals surface area contributed by atoms with Crippen LogP contribution in [0.1, 0.15) is 10.4 Å². The van der Waals surface area contributed by atoms with Crippen LogP contribution in [0.2, 0.25) is 5.15 Å². The van der Waals surface area contributed by atoms with Gasteiger partial charge in [0.15, 0.2) is 10.9 Å². The molecule has 5 heteroatoms. The van der Waals surface area contributed by atoms with Crippen molar-refractivity contribution in [3.8, 4) is 5.75 Å². The third-order valence-electron chi connectivity index (χ3n) is 2.40. The van der Waals surface area contributed by atoms with Gasteiger partial charge in [-0.2, -0.15) is 0 Å². The van der Waals surface area contributed by atoms with Crippen molar-refractivity contribution in [3.05, 3.63) is 35.0 Å². The van der Waals surface area contributed by atoms with Crippen molar-refractivity contribution in [3.63, 3.8) is 0 Å². The normalized spacial score (nSPS) is 10.3. The lowest BCUT2D eigenvalue weighted by Crippen LogP contribution is -2.06. The van der Waals surface area contributed by atoms with Gasteiger partial charge in [-0.15, -0.1) is 0 Å². The van der Waals surface area contributed by atoms with E-state index in [4.69, 9.17) is 21.1 Å². The van der Waals surface area contributed by atoms with E-state index in [-0.39, 0.29) is 10.9 Å². The second-order valence-electron chi connectivity index (χ2n) is 3.32. The maximum absolute atomic E-state index is 11.8. The molecule has 0 saturated carbocycles. The van der Waals surface area contributed by atoms with E-state index in [1.54, 1.807) is 12.1 Å². The molecule has 4 nitrogen and oxygen atoms in total. The van der Waals surface area contributed by atoms with E-state index in [2.05, 4.69) is 4.98 Å². The number of carbonyl (C=O) groups is 1. The number of para-hydroxylation sites is 1. The van der Waals surface area contributed by atoms with Crippen LogP contribution in [0.3, 0.4) is 0 Å². The topological polar surface area (TPSA) is 48.4 Å². The van der Waals surface area contributed by atoms with E-state index >= 15 is 0 Å². The predicted molar refractivity (Wildman–Crippen MR) is 64.6 cm³/mol. The van der Waals surface area contributed by atoms with Crippen LogP contribution >= 0.6 is 11.6 Å². The Morgan fingerprint density at radius 2 is 2.00 bits per heavy atom. The van der Waals surface area contributed by atoms with Gasteiger partial charge in [-0.1, -0.05) is 29.8 Å². The Labute approximate surface area is 103 Å². The number of fused-ring (bicyclic) bond motifs is 1. The van der Waals surface area contributed by atoms with Crippen molar-refractivity contribution >= 4 is 28.5 Å². The Balaban J connectivity index is 2.86. The average molecular weight is 252 g/mol. The number of ether oxygens (including phenoxy) is 2. The maximum atomic E-state index is 11.8. The largest absolute Gasteiger partial charge is 0.493 e. The first kappa shape index (κ1) is 11.7. The van der Waals surface area contributed by atoms with Crippen LogP contribution in [0, 0.1) is 0 Å². The minimum atomic E-state index is -0.498. The summed E-state index contributed by atoms with van der Waals surface area (Å²) in [5.74, 6) is -0.264. The molecule has 1 aromatic heterocycles. The number of esters is 1. The summed E-state index contributed by atoms with van der Waals surface area (Å²) in [4.78, 5) is 15.9. The summed E-state index contributed by atoms with van der Waals surface area (Å²) in [6.45, 7) is 0. The van der Waals surface area contributed by atoms with E-state index < -0.39 is 5.97 Å². The standard InChI is InChI=1S/C12H10ClNO3/c1-16-10-9(12(15)17-2)7-5-3-4-6-8(7)14-11(10)13/h3-6H,1-2H3. The van der Waals surface area contributed by atoms with E-state index in [1.807, 2.05) is 12.1 Å². The van der Waals surface area contributed by atoms with E-state index in [9.17, 15) is 4.79 Å². The first-order chi connectivity index (χ1) is 8.19. The van der Waals surface area contributed by atoms with Crippen LogP contribution in [-0.2, 0) is 4.74 Å². The molecule has 0 amide bonds. The van der Waals surface area contributed by atoms with Gasteiger partial charge in [0.2, 0.25) is 0 Å². The summed E-state index contributed by atoms with van der Waals surface area (Å²) in [6, 6.07) is 7.17. The molecule has 2 rings (SSSR count). The second-order valence-corrected chi connectivity index (χ2v) is 3.68. The zero-order valence-corrected chi connectivity index (χ0v) is 10.1. The number of carbonyl (C=O) groups excluding carboxylic acids is 1. The molecule has 0 aliphatic rings. The highest BCUT2D eigenvalue weighted by Crippen LogP contribution is 2.33. The number of aromatic nitrogens is 1. The summed E-state index contributed by atoms with van der Waals surface area (Å²) in [7, 11) is 2.75. The molecular formula is C12H10ClNO3. The number of rotatable bonds is 2. The monoisotopic (exact) mass is 251 g/mol. The molecule has 0 aliphatic carbocycles. The Morgan fingerprint density at radius 1 is 1.29 bits per heavy atom. The SMILES string of the molecule is COC(=O)c1c(OC)c(Cl)nc2ccccc12. The summed E-state index contributed by atoms with van der Waals surface area (Å²) >= 11 is 5.97. The van der Waals surface area contributed by atoms with E-state index in [0.29, 0.717) is 16.5 Å². The number of hydrogen-bond acceptors (Lipinski definition) is 4. The highest BCUT2D eigenvalue weighted by molar-refractivity contribution is 6.32. The van der Waals surface area contributed by atoms with Gasteiger partial charge in [-0.05, 0) is 6.07 Å². The number of nitrogens with zero attached hydrogens (tertiary/aromatic N) is 1. The molecule has 0 unspecified atom stereocenters. The van der Waals surface area contributed by atoms with Crippen molar-refractivity contribution < 1.29 is 14.3 Å². The summed E-state index contributed by atoms with van der Waals surface area (Å²) in [5, 5.41) is 0.798. The second kappa shape index (κ2) is 4.59. The van der Waals surface area contributed by atoms with Gasteiger partial charge in [0.05, 0.1) is 19.7 Å². The average Bonchev–Trinajstić information content (AvgIpc) is 2.36. The zero-order valence-electron chi connectivity index (χ0n) is 9.36. The lowest BCUT2D eigenvalue weighted by Gasteiger charge is -2.11. The summed E-state index contributed by atoms with van der Waals surface area (Å²) in [5.41, 5.74) is 0.921. The van der Waals surface area contributed by atoms with Gasteiger partial charge in [-0.25, -0.2) is 9.78 Å². The number of halogens is 1. The third-order valence-corrected chi connectivity index (χ3v) is 2.66. The quantitative estimate of drug-likeness (QED) is 0.608. The lowest BCUT2D eigenvalue weighted by atomic mass is 10.1. The van der Waals surface area contributed by atoms with Crippen LogP contribution in [0.5, 0.6) is 5.75 Å². The Morgan fingerprint density at radius 3 is 2.65 bits per heavy atom. The Hall–Kier alpha value is -1.81. The van der Waals surface area contributed by atoms with Crippen molar-refractivity contribution in [1.29, 1.82) is 0 Å². The number of benzene rings is 1. The van der Waals surface area contributed by atoms with Crippen molar-refractivity contribution in [2.45, 2.75) is 0 Å². The van der Waals surface area contributed by atoms with Crippen LogP contribution in [0.25, 0.3) is 10.9 Å². The molecule has 0 radical (unpaired) electrons. The molecule has 0 aliphatic heterocycles. The molecule has 1 heterocycles. The minimum Gasteiger partial charge on any atom is -0.493 e.